The molecule has 1 aliphatic rings. The zero-order valence-electron chi connectivity index (χ0n) is 14.9. The summed E-state index contributed by atoms with van der Waals surface area (Å²) in [6, 6.07) is 10.5. The van der Waals surface area contributed by atoms with Gasteiger partial charge >= 0.3 is 0 Å². The van der Waals surface area contributed by atoms with Crippen molar-refractivity contribution < 1.29 is 5.11 Å². The molecule has 6 heteroatoms. The van der Waals surface area contributed by atoms with Gasteiger partial charge in [-0.05, 0) is 30.7 Å². The average Bonchev–Trinajstić information content (AvgIpc) is 3.06. The molecule has 1 aromatic carbocycles. The molecule has 3 atom stereocenters. The summed E-state index contributed by atoms with van der Waals surface area (Å²) in [4.78, 5) is 8.63. The number of thiazole rings is 1. The lowest BCUT2D eigenvalue weighted by molar-refractivity contribution is 0.112. The van der Waals surface area contributed by atoms with Crippen molar-refractivity contribution in [1.29, 1.82) is 0 Å². The standard InChI is InChI=1S/C19H24N4OS/c1-12-9-13(2)11-22(10-12)16(15-7-5-4-6-8-15)17-18(24)23-19(25-17)20-14(3)21-23/h4-8,12-13,16,24H,9-11H2,1-3H3/t12-,13+,16-/m1/s1. The molecule has 1 aliphatic heterocycles. The zero-order chi connectivity index (χ0) is 17.6. The Morgan fingerprint density at radius 1 is 1.16 bits per heavy atom. The number of likely N-dealkylation sites (tertiary alicyclic amines) is 1. The maximum atomic E-state index is 10.8. The molecule has 3 aromatic rings. The van der Waals surface area contributed by atoms with Crippen molar-refractivity contribution in [3.8, 4) is 5.88 Å². The van der Waals surface area contributed by atoms with E-state index < -0.39 is 0 Å². The molecule has 1 fully saturated rings. The van der Waals surface area contributed by atoms with Crippen LogP contribution in [0.5, 0.6) is 5.88 Å². The first-order valence-electron chi connectivity index (χ1n) is 8.87. The predicted molar refractivity (Wildman–Crippen MR) is 100 cm³/mol. The molecule has 0 unspecified atom stereocenters. The summed E-state index contributed by atoms with van der Waals surface area (Å²) in [6.45, 7) is 8.56. The largest absolute Gasteiger partial charge is 0.492 e. The van der Waals surface area contributed by atoms with Gasteiger partial charge in [-0.1, -0.05) is 55.5 Å². The monoisotopic (exact) mass is 356 g/mol. The highest BCUT2D eigenvalue weighted by molar-refractivity contribution is 7.17. The molecule has 132 valence electrons. The smallest absolute Gasteiger partial charge is 0.230 e. The molecule has 2 aromatic heterocycles. The molecule has 3 heterocycles. The zero-order valence-corrected chi connectivity index (χ0v) is 15.7. The van der Waals surface area contributed by atoms with Gasteiger partial charge in [0.15, 0.2) is 0 Å². The number of piperidine rings is 1. The number of aromatic nitrogens is 3. The van der Waals surface area contributed by atoms with Gasteiger partial charge in [0.25, 0.3) is 0 Å². The van der Waals surface area contributed by atoms with Crippen LogP contribution in [0.1, 0.15) is 42.6 Å². The van der Waals surface area contributed by atoms with E-state index in [1.807, 2.05) is 13.0 Å². The van der Waals surface area contributed by atoms with E-state index in [9.17, 15) is 5.11 Å². The quantitative estimate of drug-likeness (QED) is 0.774. The van der Waals surface area contributed by atoms with Gasteiger partial charge in [-0.15, -0.1) is 5.10 Å². The summed E-state index contributed by atoms with van der Waals surface area (Å²) in [5, 5.41) is 15.2. The van der Waals surface area contributed by atoms with E-state index in [1.165, 1.54) is 12.0 Å². The Balaban J connectivity index is 1.82. The van der Waals surface area contributed by atoms with Crippen molar-refractivity contribution in [2.45, 2.75) is 33.2 Å². The van der Waals surface area contributed by atoms with E-state index >= 15 is 0 Å². The second-order valence-electron chi connectivity index (χ2n) is 7.36. The molecule has 4 rings (SSSR count). The van der Waals surface area contributed by atoms with Gasteiger partial charge in [0, 0.05) is 13.1 Å². The van der Waals surface area contributed by atoms with Crippen molar-refractivity contribution in [3.63, 3.8) is 0 Å². The van der Waals surface area contributed by atoms with Crippen molar-refractivity contribution in [3.05, 3.63) is 46.6 Å². The molecule has 0 bridgehead atoms. The van der Waals surface area contributed by atoms with Crippen molar-refractivity contribution >= 4 is 16.3 Å². The number of fused-ring (bicyclic) bond motifs is 1. The van der Waals surface area contributed by atoms with Crippen LogP contribution in [0.2, 0.25) is 0 Å². The summed E-state index contributed by atoms with van der Waals surface area (Å²) in [5.74, 6) is 2.22. The molecule has 25 heavy (non-hydrogen) atoms. The van der Waals surface area contributed by atoms with Crippen LogP contribution >= 0.6 is 11.3 Å². The summed E-state index contributed by atoms with van der Waals surface area (Å²) in [7, 11) is 0. The number of aromatic hydroxyl groups is 1. The van der Waals surface area contributed by atoms with Crippen LogP contribution in [0.25, 0.3) is 4.96 Å². The molecular weight excluding hydrogens is 332 g/mol. The fraction of sp³-hybridized carbons (Fsp3) is 0.474. The number of aryl methyl sites for hydroxylation is 1. The van der Waals surface area contributed by atoms with E-state index in [2.05, 4.69) is 53.1 Å². The Hall–Kier alpha value is -1.92. The Bertz CT molecular complexity index is 862. The van der Waals surface area contributed by atoms with Crippen molar-refractivity contribution in [2.24, 2.45) is 11.8 Å². The SMILES string of the molecule is Cc1nc2sc([C@@H](c3ccccc3)N3C[C@H](C)C[C@H](C)C3)c(O)n2n1. The third-order valence-electron chi connectivity index (χ3n) is 4.93. The highest BCUT2D eigenvalue weighted by atomic mass is 32.1. The van der Waals surface area contributed by atoms with Crippen LogP contribution in [0.4, 0.5) is 0 Å². The molecule has 0 amide bonds. The lowest BCUT2D eigenvalue weighted by atomic mass is 9.89. The van der Waals surface area contributed by atoms with E-state index in [1.54, 1.807) is 15.9 Å². The normalized spacial score (nSPS) is 23.2. The molecule has 0 spiro atoms. The minimum atomic E-state index is 0.0419. The first-order chi connectivity index (χ1) is 12.0. The molecule has 1 N–H and O–H groups in total. The average molecular weight is 356 g/mol. The fourth-order valence-electron chi connectivity index (χ4n) is 4.11. The van der Waals surface area contributed by atoms with E-state index in [4.69, 9.17) is 0 Å². The Kier molecular flexibility index (Phi) is 4.25. The number of hydrogen-bond donors (Lipinski definition) is 1. The molecule has 5 nitrogen and oxygen atoms in total. The summed E-state index contributed by atoms with van der Waals surface area (Å²) in [6.07, 6.45) is 1.26. The maximum Gasteiger partial charge on any atom is 0.230 e. The molecule has 0 aliphatic carbocycles. The lowest BCUT2D eigenvalue weighted by Crippen LogP contribution is -2.41. The second kappa shape index (κ2) is 6.42. The van der Waals surface area contributed by atoms with E-state index in [0.29, 0.717) is 17.7 Å². The minimum absolute atomic E-state index is 0.0419. The third-order valence-corrected chi connectivity index (χ3v) is 6.00. The van der Waals surface area contributed by atoms with Gasteiger partial charge in [0.05, 0.1) is 10.9 Å². The third kappa shape index (κ3) is 3.04. The van der Waals surface area contributed by atoms with Crippen LogP contribution in [0.15, 0.2) is 30.3 Å². The van der Waals surface area contributed by atoms with Crippen LogP contribution in [-0.2, 0) is 0 Å². The summed E-state index contributed by atoms with van der Waals surface area (Å²) < 4.78 is 1.57. The second-order valence-corrected chi connectivity index (χ2v) is 8.37. The highest BCUT2D eigenvalue weighted by Gasteiger charge is 2.33. The van der Waals surface area contributed by atoms with Crippen LogP contribution in [-0.4, -0.2) is 37.7 Å². The number of nitrogens with zero attached hydrogens (tertiary/aromatic N) is 4. The predicted octanol–water partition coefficient (Wildman–Crippen LogP) is 3.87. The first kappa shape index (κ1) is 16.5. The van der Waals surface area contributed by atoms with Gasteiger partial charge in [-0.25, -0.2) is 4.98 Å². The van der Waals surface area contributed by atoms with Gasteiger partial charge in [-0.2, -0.15) is 4.52 Å². The van der Waals surface area contributed by atoms with Gasteiger partial charge in [0.1, 0.15) is 5.82 Å². The summed E-state index contributed by atoms with van der Waals surface area (Å²) >= 11 is 1.54. The first-order valence-corrected chi connectivity index (χ1v) is 9.68. The Morgan fingerprint density at radius 3 is 2.48 bits per heavy atom. The fourth-order valence-corrected chi connectivity index (χ4v) is 5.27. The van der Waals surface area contributed by atoms with Crippen molar-refractivity contribution in [2.75, 3.05) is 13.1 Å². The molecule has 0 radical (unpaired) electrons. The topological polar surface area (TPSA) is 53.7 Å². The molecule has 1 saturated heterocycles. The number of benzene rings is 1. The maximum absolute atomic E-state index is 10.8. The highest BCUT2D eigenvalue weighted by Crippen LogP contribution is 2.41. The molecule has 0 saturated carbocycles. The van der Waals surface area contributed by atoms with Gasteiger partial charge < -0.3 is 5.11 Å². The minimum Gasteiger partial charge on any atom is -0.492 e. The van der Waals surface area contributed by atoms with Crippen LogP contribution in [0.3, 0.4) is 0 Å². The number of rotatable bonds is 3. The van der Waals surface area contributed by atoms with Crippen molar-refractivity contribution in [1.82, 2.24) is 19.5 Å². The lowest BCUT2D eigenvalue weighted by Gasteiger charge is -2.40. The van der Waals surface area contributed by atoms with Gasteiger partial charge in [-0.3, -0.25) is 4.90 Å². The van der Waals surface area contributed by atoms with E-state index in [-0.39, 0.29) is 11.9 Å². The molecular formula is C19H24N4OS. The van der Waals surface area contributed by atoms with Crippen LogP contribution in [0, 0.1) is 18.8 Å². The van der Waals surface area contributed by atoms with Gasteiger partial charge in [0.2, 0.25) is 10.8 Å². The summed E-state index contributed by atoms with van der Waals surface area (Å²) in [5.41, 5.74) is 1.21. The van der Waals surface area contributed by atoms with E-state index in [0.717, 1.165) is 22.9 Å². The Labute approximate surface area is 151 Å². The number of hydrogen-bond acceptors (Lipinski definition) is 5. The van der Waals surface area contributed by atoms with Crippen LogP contribution < -0.4 is 0 Å². The Morgan fingerprint density at radius 2 is 1.84 bits per heavy atom.